The molecule has 2 heterocycles. The number of aliphatic hydroxyl groups excluding tert-OH is 1. The molecule has 1 N–H and O–H groups in total. The van der Waals surface area contributed by atoms with Crippen LogP contribution in [-0.4, -0.2) is 35.0 Å². The van der Waals surface area contributed by atoms with Crippen LogP contribution in [0.3, 0.4) is 0 Å². The summed E-state index contributed by atoms with van der Waals surface area (Å²) in [6.07, 6.45) is 0.615. The molecule has 4 heteroatoms. The maximum atomic E-state index is 11.7. The highest BCUT2D eigenvalue weighted by molar-refractivity contribution is 5.75. The first kappa shape index (κ1) is 10.9. The molecule has 0 aromatic rings. The number of esters is 1. The minimum atomic E-state index is -0.563. The number of carbonyl (C=O) groups is 1. The highest BCUT2D eigenvalue weighted by atomic mass is 16.6. The van der Waals surface area contributed by atoms with Crippen molar-refractivity contribution in [1.29, 1.82) is 0 Å². The summed E-state index contributed by atoms with van der Waals surface area (Å²) in [5.41, 5.74) is -1.10. The standard InChI is InChI=1S/C11H18O4/c1-4-14-9(13)7-5-11(3)8(12)6-10(7,2)15-11/h7-8,12H,4-6H2,1-3H3/t7?,8-,10+,11+/m0/s1. The molecule has 2 rings (SSSR count). The topological polar surface area (TPSA) is 55.8 Å². The van der Waals surface area contributed by atoms with Crippen LogP contribution >= 0.6 is 0 Å². The van der Waals surface area contributed by atoms with Gasteiger partial charge in [0, 0.05) is 6.42 Å². The van der Waals surface area contributed by atoms with E-state index < -0.39 is 17.3 Å². The van der Waals surface area contributed by atoms with Crippen molar-refractivity contribution < 1.29 is 19.4 Å². The summed E-state index contributed by atoms with van der Waals surface area (Å²) in [5, 5.41) is 9.80. The van der Waals surface area contributed by atoms with Gasteiger partial charge in [-0.3, -0.25) is 4.79 Å². The first-order valence-corrected chi connectivity index (χ1v) is 5.46. The third kappa shape index (κ3) is 1.47. The van der Waals surface area contributed by atoms with E-state index in [1.54, 1.807) is 6.92 Å². The number of rotatable bonds is 2. The van der Waals surface area contributed by atoms with Gasteiger partial charge in [0.2, 0.25) is 0 Å². The minimum absolute atomic E-state index is 0.198. The second-order valence-electron chi connectivity index (χ2n) is 4.96. The molecule has 15 heavy (non-hydrogen) atoms. The number of hydrogen-bond donors (Lipinski definition) is 1. The Bertz CT molecular complexity index is 290. The van der Waals surface area contributed by atoms with E-state index in [2.05, 4.69) is 0 Å². The average molecular weight is 214 g/mol. The fourth-order valence-corrected chi connectivity index (χ4v) is 2.83. The zero-order valence-electron chi connectivity index (χ0n) is 9.45. The molecule has 0 aromatic carbocycles. The summed E-state index contributed by atoms with van der Waals surface area (Å²) in [6, 6.07) is 0. The van der Waals surface area contributed by atoms with Crippen LogP contribution in [-0.2, 0) is 14.3 Å². The molecule has 0 aliphatic carbocycles. The molecule has 0 spiro atoms. The van der Waals surface area contributed by atoms with Crippen molar-refractivity contribution >= 4 is 5.97 Å². The molecule has 0 aromatic heterocycles. The fraction of sp³-hybridized carbons (Fsp3) is 0.909. The molecule has 0 radical (unpaired) electrons. The quantitative estimate of drug-likeness (QED) is 0.693. The molecular weight excluding hydrogens is 196 g/mol. The zero-order valence-corrected chi connectivity index (χ0v) is 9.45. The number of hydrogen-bond acceptors (Lipinski definition) is 4. The van der Waals surface area contributed by atoms with Crippen molar-refractivity contribution in [3.05, 3.63) is 0 Å². The van der Waals surface area contributed by atoms with Gasteiger partial charge in [0.15, 0.2) is 0 Å². The number of carbonyl (C=O) groups excluding carboxylic acids is 1. The summed E-state index contributed by atoms with van der Waals surface area (Å²) in [4.78, 5) is 11.7. The lowest BCUT2D eigenvalue weighted by Gasteiger charge is -2.29. The monoisotopic (exact) mass is 214 g/mol. The SMILES string of the molecule is CCOC(=O)C1C[C@@]2(C)O[C@]1(C)C[C@@H]2O. The van der Waals surface area contributed by atoms with Gasteiger partial charge < -0.3 is 14.6 Å². The van der Waals surface area contributed by atoms with Gasteiger partial charge in [-0.15, -0.1) is 0 Å². The van der Waals surface area contributed by atoms with E-state index >= 15 is 0 Å². The van der Waals surface area contributed by atoms with E-state index in [9.17, 15) is 9.90 Å². The van der Waals surface area contributed by atoms with Gasteiger partial charge in [-0.25, -0.2) is 0 Å². The molecule has 86 valence electrons. The Morgan fingerprint density at radius 3 is 2.53 bits per heavy atom. The Kier molecular flexibility index (Phi) is 2.32. The van der Waals surface area contributed by atoms with Crippen molar-refractivity contribution in [1.82, 2.24) is 0 Å². The van der Waals surface area contributed by atoms with Crippen molar-refractivity contribution in [2.45, 2.75) is 50.9 Å². The molecule has 4 nitrogen and oxygen atoms in total. The van der Waals surface area contributed by atoms with Gasteiger partial charge in [0.25, 0.3) is 0 Å². The van der Waals surface area contributed by atoms with Gasteiger partial charge >= 0.3 is 5.97 Å². The van der Waals surface area contributed by atoms with Crippen LogP contribution in [0.2, 0.25) is 0 Å². The average Bonchev–Trinajstić information content (AvgIpc) is 2.50. The molecule has 0 amide bonds. The van der Waals surface area contributed by atoms with Crippen molar-refractivity contribution in [3.8, 4) is 0 Å². The number of aliphatic hydroxyl groups is 1. The molecule has 1 unspecified atom stereocenters. The second kappa shape index (κ2) is 3.19. The van der Waals surface area contributed by atoms with E-state index in [0.29, 0.717) is 19.4 Å². The predicted molar refractivity (Wildman–Crippen MR) is 53.3 cm³/mol. The normalized spacial score (nSPS) is 48.3. The second-order valence-corrected chi connectivity index (χ2v) is 4.96. The van der Waals surface area contributed by atoms with Crippen LogP contribution in [0.4, 0.5) is 0 Å². The van der Waals surface area contributed by atoms with Crippen molar-refractivity contribution in [2.24, 2.45) is 5.92 Å². The maximum absolute atomic E-state index is 11.7. The highest BCUT2D eigenvalue weighted by Crippen LogP contribution is 2.54. The number of fused-ring (bicyclic) bond motifs is 2. The Labute approximate surface area is 89.6 Å². The Balaban J connectivity index is 2.16. The van der Waals surface area contributed by atoms with Crippen LogP contribution in [0, 0.1) is 5.92 Å². The molecule has 2 bridgehead atoms. The van der Waals surface area contributed by atoms with Crippen LogP contribution in [0.1, 0.15) is 33.6 Å². The first-order valence-electron chi connectivity index (χ1n) is 5.46. The van der Waals surface area contributed by atoms with Gasteiger partial charge in [0.1, 0.15) is 0 Å². The third-order valence-corrected chi connectivity index (χ3v) is 3.69. The van der Waals surface area contributed by atoms with E-state index in [1.807, 2.05) is 13.8 Å². The van der Waals surface area contributed by atoms with Crippen molar-refractivity contribution in [2.75, 3.05) is 6.61 Å². The Hall–Kier alpha value is -0.610. The molecule has 2 aliphatic rings. The van der Waals surface area contributed by atoms with Gasteiger partial charge in [0.05, 0.1) is 29.8 Å². The van der Waals surface area contributed by atoms with Gasteiger partial charge in [-0.2, -0.15) is 0 Å². The van der Waals surface area contributed by atoms with Crippen LogP contribution in [0.5, 0.6) is 0 Å². The Morgan fingerprint density at radius 1 is 1.47 bits per heavy atom. The minimum Gasteiger partial charge on any atom is -0.466 e. The Morgan fingerprint density at radius 2 is 2.13 bits per heavy atom. The summed E-state index contributed by atoms with van der Waals surface area (Å²) >= 11 is 0. The smallest absolute Gasteiger partial charge is 0.311 e. The molecular formula is C11H18O4. The molecule has 2 aliphatic heterocycles. The van der Waals surface area contributed by atoms with Crippen LogP contribution < -0.4 is 0 Å². The summed E-state index contributed by atoms with van der Waals surface area (Å²) < 4.78 is 10.8. The molecule has 4 atom stereocenters. The maximum Gasteiger partial charge on any atom is 0.311 e. The van der Waals surface area contributed by atoms with Crippen LogP contribution in [0.15, 0.2) is 0 Å². The fourth-order valence-electron chi connectivity index (χ4n) is 2.83. The number of ether oxygens (including phenoxy) is 2. The van der Waals surface area contributed by atoms with Gasteiger partial charge in [-0.05, 0) is 27.2 Å². The van der Waals surface area contributed by atoms with E-state index in [0.717, 1.165) is 0 Å². The lowest BCUT2D eigenvalue weighted by atomic mass is 9.74. The third-order valence-electron chi connectivity index (χ3n) is 3.69. The van der Waals surface area contributed by atoms with Gasteiger partial charge in [-0.1, -0.05) is 0 Å². The summed E-state index contributed by atoms with van der Waals surface area (Å²) in [7, 11) is 0. The molecule has 2 fully saturated rings. The largest absolute Gasteiger partial charge is 0.466 e. The molecule has 0 saturated carbocycles. The van der Waals surface area contributed by atoms with E-state index in [1.165, 1.54) is 0 Å². The predicted octanol–water partition coefficient (Wildman–Crippen LogP) is 0.868. The molecule has 2 saturated heterocycles. The van der Waals surface area contributed by atoms with Crippen LogP contribution in [0.25, 0.3) is 0 Å². The summed E-state index contributed by atoms with van der Waals surface area (Å²) in [6.45, 7) is 5.94. The first-order chi connectivity index (χ1) is 6.91. The summed E-state index contributed by atoms with van der Waals surface area (Å²) in [5.74, 6) is -0.429. The van der Waals surface area contributed by atoms with Crippen molar-refractivity contribution in [3.63, 3.8) is 0 Å². The van der Waals surface area contributed by atoms with E-state index in [-0.39, 0.29) is 11.9 Å². The lowest BCUT2D eigenvalue weighted by Crippen LogP contribution is -2.43. The van der Waals surface area contributed by atoms with E-state index in [4.69, 9.17) is 9.47 Å². The zero-order chi connectivity index (χ0) is 11.3. The lowest BCUT2D eigenvalue weighted by molar-refractivity contribution is -0.153. The highest BCUT2D eigenvalue weighted by Gasteiger charge is 2.64.